The predicted octanol–water partition coefficient (Wildman–Crippen LogP) is 2.95. The normalized spacial score (nSPS) is 12.4. The van der Waals surface area contributed by atoms with Crippen molar-refractivity contribution in [1.29, 1.82) is 0 Å². The molecule has 1 atom stereocenters. The van der Waals surface area contributed by atoms with Gasteiger partial charge in [0.2, 0.25) is 0 Å². The number of hydrogen-bond acceptors (Lipinski definition) is 4. The number of nitrogens with two attached hydrogens (primary N) is 1. The molecule has 0 radical (unpaired) electrons. The number of aromatic nitrogens is 3. The van der Waals surface area contributed by atoms with Crippen LogP contribution in [0.5, 0.6) is 0 Å². The SMILES string of the molecule is Cc1nc(-c2ncccc2Cl)nc(C)c1CC(C)CN. The molecule has 1 unspecified atom stereocenters. The number of nitrogens with zero attached hydrogens (tertiary/aromatic N) is 3. The molecular formula is C15H19ClN4. The number of rotatable bonds is 4. The monoisotopic (exact) mass is 290 g/mol. The quantitative estimate of drug-likeness (QED) is 0.940. The van der Waals surface area contributed by atoms with Crippen LogP contribution in [0.1, 0.15) is 23.9 Å². The maximum atomic E-state index is 6.15. The molecule has 0 bridgehead atoms. The highest BCUT2D eigenvalue weighted by Crippen LogP contribution is 2.24. The maximum Gasteiger partial charge on any atom is 0.180 e. The van der Waals surface area contributed by atoms with Gasteiger partial charge in [0, 0.05) is 17.6 Å². The molecule has 0 saturated carbocycles. The van der Waals surface area contributed by atoms with Gasteiger partial charge in [0.25, 0.3) is 0 Å². The van der Waals surface area contributed by atoms with Crippen LogP contribution >= 0.6 is 11.6 Å². The van der Waals surface area contributed by atoms with Gasteiger partial charge in [0.15, 0.2) is 5.82 Å². The minimum absolute atomic E-state index is 0.417. The van der Waals surface area contributed by atoms with Crippen LogP contribution in [0.15, 0.2) is 18.3 Å². The first kappa shape index (κ1) is 14.9. The van der Waals surface area contributed by atoms with E-state index in [0.717, 1.165) is 17.8 Å². The fraction of sp³-hybridized carbons (Fsp3) is 0.400. The first-order valence-corrected chi connectivity index (χ1v) is 7.05. The van der Waals surface area contributed by atoms with E-state index in [-0.39, 0.29) is 0 Å². The molecule has 2 N–H and O–H groups in total. The lowest BCUT2D eigenvalue weighted by Gasteiger charge is -2.14. The summed E-state index contributed by atoms with van der Waals surface area (Å²) in [5.74, 6) is 0.995. The molecule has 0 aliphatic carbocycles. The van der Waals surface area contributed by atoms with Crippen LogP contribution in [0.25, 0.3) is 11.5 Å². The molecule has 0 aliphatic rings. The predicted molar refractivity (Wildman–Crippen MR) is 81.7 cm³/mol. The minimum Gasteiger partial charge on any atom is -0.330 e. The van der Waals surface area contributed by atoms with E-state index in [2.05, 4.69) is 21.9 Å². The van der Waals surface area contributed by atoms with E-state index in [9.17, 15) is 0 Å². The van der Waals surface area contributed by atoms with Crippen LogP contribution in [-0.2, 0) is 6.42 Å². The zero-order valence-electron chi connectivity index (χ0n) is 12.0. The van der Waals surface area contributed by atoms with Gasteiger partial charge in [-0.05, 0) is 50.4 Å². The van der Waals surface area contributed by atoms with Crippen LogP contribution in [-0.4, -0.2) is 21.5 Å². The Bertz CT molecular complexity index is 590. The summed E-state index contributed by atoms with van der Waals surface area (Å²) in [5, 5.41) is 0.564. The van der Waals surface area contributed by atoms with Crippen molar-refractivity contribution in [1.82, 2.24) is 15.0 Å². The molecule has 2 rings (SSSR count). The van der Waals surface area contributed by atoms with Gasteiger partial charge in [-0.3, -0.25) is 4.98 Å². The van der Waals surface area contributed by atoms with Crippen LogP contribution in [0.3, 0.4) is 0 Å². The number of aryl methyl sites for hydroxylation is 2. The summed E-state index contributed by atoms with van der Waals surface area (Å²) in [4.78, 5) is 13.4. The van der Waals surface area contributed by atoms with E-state index >= 15 is 0 Å². The molecule has 0 aromatic carbocycles. The fourth-order valence-corrected chi connectivity index (χ4v) is 2.33. The first-order chi connectivity index (χ1) is 9.52. The second-order valence-corrected chi connectivity index (χ2v) is 5.48. The molecule has 20 heavy (non-hydrogen) atoms. The standard InChI is InChI=1S/C15H19ClN4/c1-9(8-17)7-12-10(2)19-15(20-11(12)3)14-13(16)5-4-6-18-14/h4-6,9H,7-8,17H2,1-3H3. The third kappa shape index (κ3) is 3.14. The second kappa shape index (κ2) is 6.29. The van der Waals surface area contributed by atoms with Gasteiger partial charge in [-0.1, -0.05) is 18.5 Å². The molecule has 0 spiro atoms. The topological polar surface area (TPSA) is 64.7 Å². The lowest BCUT2D eigenvalue weighted by molar-refractivity contribution is 0.586. The van der Waals surface area contributed by atoms with Gasteiger partial charge in [-0.15, -0.1) is 0 Å². The van der Waals surface area contributed by atoms with E-state index in [1.165, 1.54) is 5.56 Å². The van der Waals surface area contributed by atoms with Crippen molar-refractivity contribution in [3.63, 3.8) is 0 Å². The van der Waals surface area contributed by atoms with Crippen molar-refractivity contribution >= 4 is 11.6 Å². The van der Waals surface area contributed by atoms with Crippen molar-refractivity contribution in [2.75, 3.05) is 6.54 Å². The molecular weight excluding hydrogens is 272 g/mol. The maximum absolute atomic E-state index is 6.15. The lowest BCUT2D eigenvalue weighted by atomic mass is 9.99. The van der Waals surface area contributed by atoms with Crippen LogP contribution in [0.4, 0.5) is 0 Å². The van der Waals surface area contributed by atoms with Crippen molar-refractivity contribution in [3.05, 3.63) is 40.3 Å². The first-order valence-electron chi connectivity index (χ1n) is 6.68. The third-order valence-electron chi connectivity index (χ3n) is 3.35. The average Bonchev–Trinajstić information content (AvgIpc) is 2.42. The van der Waals surface area contributed by atoms with E-state index in [0.29, 0.717) is 29.0 Å². The third-order valence-corrected chi connectivity index (χ3v) is 3.65. The highest BCUT2D eigenvalue weighted by Gasteiger charge is 2.14. The highest BCUT2D eigenvalue weighted by atomic mass is 35.5. The van der Waals surface area contributed by atoms with Gasteiger partial charge in [0.05, 0.1) is 5.02 Å². The largest absolute Gasteiger partial charge is 0.330 e. The number of pyridine rings is 1. The Morgan fingerprint density at radius 3 is 2.45 bits per heavy atom. The van der Waals surface area contributed by atoms with Crippen LogP contribution in [0.2, 0.25) is 5.02 Å². The summed E-state index contributed by atoms with van der Waals surface area (Å²) in [6, 6.07) is 3.59. The Kier molecular flexibility index (Phi) is 4.68. The van der Waals surface area contributed by atoms with E-state index < -0.39 is 0 Å². The van der Waals surface area contributed by atoms with Crippen molar-refractivity contribution in [3.8, 4) is 11.5 Å². The fourth-order valence-electron chi connectivity index (χ4n) is 2.12. The molecule has 0 fully saturated rings. The summed E-state index contributed by atoms with van der Waals surface area (Å²) < 4.78 is 0. The zero-order valence-corrected chi connectivity index (χ0v) is 12.8. The van der Waals surface area contributed by atoms with Gasteiger partial charge in [-0.25, -0.2) is 9.97 Å². The Morgan fingerprint density at radius 1 is 1.25 bits per heavy atom. The lowest BCUT2D eigenvalue weighted by Crippen LogP contribution is -2.15. The van der Waals surface area contributed by atoms with Gasteiger partial charge >= 0.3 is 0 Å². The molecule has 2 heterocycles. The molecule has 5 heteroatoms. The highest BCUT2D eigenvalue weighted by molar-refractivity contribution is 6.32. The Morgan fingerprint density at radius 2 is 1.90 bits per heavy atom. The van der Waals surface area contributed by atoms with Gasteiger partial charge in [0.1, 0.15) is 5.69 Å². The molecule has 2 aromatic heterocycles. The van der Waals surface area contributed by atoms with E-state index in [4.69, 9.17) is 17.3 Å². The Hall–Kier alpha value is -1.52. The summed E-state index contributed by atoms with van der Waals surface area (Å²) in [6.07, 6.45) is 2.59. The molecule has 0 aliphatic heterocycles. The van der Waals surface area contributed by atoms with Gasteiger partial charge < -0.3 is 5.73 Å². The Balaban J connectivity index is 2.43. The summed E-state index contributed by atoms with van der Waals surface area (Å²) in [7, 11) is 0. The van der Waals surface area contributed by atoms with Crippen molar-refractivity contribution < 1.29 is 0 Å². The average molecular weight is 291 g/mol. The number of hydrogen-bond donors (Lipinski definition) is 1. The smallest absolute Gasteiger partial charge is 0.180 e. The molecule has 0 amide bonds. The van der Waals surface area contributed by atoms with Crippen molar-refractivity contribution in [2.24, 2.45) is 11.7 Å². The van der Waals surface area contributed by atoms with Crippen LogP contribution < -0.4 is 5.73 Å². The van der Waals surface area contributed by atoms with E-state index in [1.54, 1.807) is 18.3 Å². The van der Waals surface area contributed by atoms with E-state index in [1.807, 2.05) is 13.8 Å². The van der Waals surface area contributed by atoms with Crippen molar-refractivity contribution in [2.45, 2.75) is 27.2 Å². The van der Waals surface area contributed by atoms with Gasteiger partial charge in [-0.2, -0.15) is 0 Å². The number of halogens is 1. The molecule has 0 saturated heterocycles. The van der Waals surface area contributed by atoms with Crippen LogP contribution in [0, 0.1) is 19.8 Å². The summed E-state index contributed by atoms with van der Waals surface area (Å²) in [5.41, 5.74) is 9.42. The zero-order chi connectivity index (χ0) is 14.7. The molecule has 106 valence electrons. The summed E-state index contributed by atoms with van der Waals surface area (Å²) in [6.45, 7) is 6.77. The molecule has 4 nitrogen and oxygen atoms in total. The second-order valence-electron chi connectivity index (χ2n) is 5.08. The minimum atomic E-state index is 0.417. The summed E-state index contributed by atoms with van der Waals surface area (Å²) >= 11 is 6.15. The molecule has 2 aromatic rings. The Labute approximate surface area is 124 Å².